The monoisotopic (exact) mass is 386 g/mol. The summed E-state index contributed by atoms with van der Waals surface area (Å²) in [6, 6.07) is 9.56. The third kappa shape index (κ3) is 3.10. The summed E-state index contributed by atoms with van der Waals surface area (Å²) in [7, 11) is 0. The molecule has 1 amide bonds. The molecule has 0 saturated heterocycles. The number of fused-ring (bicyclic) bond motifs is 1. The number of nitrogen functional groups attached to an aromatic ring is 1. The van der Waals surface area contributed by atoms with Crippen molar-refractivity contribution >= 4 is 29.7 Å². The molecule has 3 heterocycles. The van der Waals surface area contributed by atoms with Gasteiger partial charge in [0.25, 0.3) is 5.91 Å². The van der Waals surface area contributed by atoms with Gasteiger partial charge >= 0.3 is 0 Å². The first-order valence-electron chi connectivity index (χ1n) is 8.79. The van der Waals surface area contributed by atoms with E-state index < -0.39 is 0 Å². The van der Waals surface area contributed by atoms with Gasteiger partial charge in [-0.3, -0.25) is 9.36 Å². The van der Waals surface area contributed by atoms with Gasteiger partial charge in [-0.05, 0) is 57.4 Å². The second-order valence-corrected chi connectivity index (χ2v) is 6.82. The van der Waals surface area contributed by atoms with Gasteiger partial charge in [0.05, 0.1) is 5.56 Å². The Kier molecular flexibility index (Phi) is 5.02. The molecular formula is C20H23ClN4O2. The zero-order valence-corrected chi connectivity index (χ0v) is 16.5. The number of rotatable bonds is 2. The van der Waals surface area contributed by atoms with E-state index in [0.29, 0.717) is 17.9 Å². The summed E-state index contributed by atoms with van der Waals surface area (Å²) >= 11 is 0. The van der Waals surface area contributed by atoms with Gasteiger partial charge in [-0.2, -0.15) is 0 Å². The normalized spacial score (nSPS) is 13.2. The molecule has 7 heteroatoms. The van der Waals surface area contributed by atoms with Gasteiger partial charge in [-0.1, -0.05) is 11.2 Å². The predicted molar refractivity (Wildman–Crippen MR) is 108 cm³/mol. The highest BCUT2D eigenvalue weighted by molar-refractivity contribution is 6.08. The molecule has 0 bridgehead atoms. The van der Waals surface area contributed by atoms with Gasteiger partial charge in [0, 0.05) is 35.4 Å². The second-order valence-electron chi connectivity index (χ2n) is 6.82. The van der Waals surface area contributed by atoms with Crippen molar-refractivity contribution in [3.63, 3.8) is 0 Å². The van der Waals surface area contributed by atoms with Crippen molar-refractivity contribution in [1.29, 1.82) is 0 Å². The van der Waals surface area contributed by atoms with E-state index in [1.807, 2.05) is 60.6 Å². The van der Waals surface area contributed by atoms with Crippen molar-refractivity contribution in [2.75, 3.05) is 17.2 Å². The van der Waals surface area contributed by atoms with Crippen LogP contribution in [0.15, 0.2) is 34.9 Å². The Morgan fingerprint density at radius 3 is 2.70 bits per heavy atom. The summed E-state index contributed by atoms with van der Waals surface area (Å²) in [6.07, 6.45) is 1.82. The number of carbonyl (C=O) groups is 1. The standard InChI is InChI=1S/C20H22N4O2.ClH/c1-12-10-16(14(3)24(12)19-11-13(2)26-22-19)20(25)23-9-5-6-15-17(21)7-4-8-18(15)23;/h4,7-8,10-11H,5-6,9,21H2,1-3H3;1H. The molecular weight excluding hydrogens is 364 g/mol. The summed E-state index contributed by atoms with van der Waals surface area (Å²) in [5, 5.41) is 4.09. The van der Waals surface area contributed by atoms with E-state index in [4.69, 9.17) is 10.3 Å². The number of amides is 1. The Morgan fingerprint density at radius 1 is 1.22 bits per heavy atom. The topological polar surface area (TPSA) is 77.3 Å². The van der Waals surface area contributed by atoms with Gasteiger partial charge < -0.3 is 15.2 Å². The molecule has 0 unspecified atom stereocenters. The lowest BCUT2D eigenvalue weighted by Crippen LogP contribution is -2.36. The minimum atomic E-state index is -0.00360. The highest BCUT2D eigenvalue weighted by atomic mass is 35.5. The molecule has 0 spiro atoms. The average molecular weight is 387 g/mol. The van der Waals surface area contributed by atoms with Crippen molar-refractivity contribution in [2.45, 2.75) is 33.6 Å². The lowest BCUT2D eigenvalue weighted by Gasteiger charge is -2.30. The Bertz CT molecular complexity index is 1010. The second kappa shape index (κ2) is 7.12. The zero-order valence-electron chi connectivity index (χ0n) is 15.7. The molecule has 2 N–H and O–H groups in total. The number of hydrogen-bond donors (Lipinski definition) is 1. The van der Waals surface area contributed by atoms with Crippen LogP contribution in [-0.4, -0.2) is 22.2 Å². The molecule has 0 atom stereocenters. The van der Waals surface area contributed by atoms with Gasteiger partial charge in [-0.15, -0.1) is 12.4 Å². The Hall–Kier alpha value is -2.73. The SMILES string of the molecule is Cc1cc(-n2c(C)cc(C(=O)N3CCCc4c(N)cccc43)c2C)no1.Cl. The van der Waals surface area contributed by atoms with E-state index in [9.17, 15) is 4.79 Å². The average Bonchev–Trinajstić information content (AvgIpc) is 3.17. The van der Waals surface area contributed by atoms with Crippen LogP contribution < -0.4 is 10.6 Å². The number of benzene rings is 1. The van der Waals surface area contributed by atoms with E-state index in [0.717, 1.165) is 46.9 Å². The third-order valence-corrected chi connectivity index (χ3v) is 5.04. The number of halogens is 1. The van der Waals surface area contributed by atoms with Crippen LogP contribution in [0.3, 0.4) is 0 Å². The Morgan fingerprint density at radius 2 is 2.00 bits per heavy atom. The molecule has 0 aliphatic carbocycles. The summed E-state index contributed by atoms with van der Waals surface area (Å²) < 4.78 is 7.15. The number of nitrogens with two attached hydrogens (primary N) is 1. The first-order valence-corrected chi connectivity index (χ1v) is 8.79. The molecule has 0 fully saturated rings. The number of anilines is 2. The van der Waals surface area contributed by atoms with Crippen LogP contribution in [0.1, 0.15) is 39.5 Å². The molecule has 1 aliphatic heterocycles. The molecule has 3 aromatic rings. The minimum Gasteiger partial charge on any atom is -0.398 e. The van der Waals surface area contributed by atoms with Crippen LogP contribution in [0.2, 0.25) is 0 Å². The van der Waals surface area contributed by atoms with E-state index in [1.54, 1.807) is 0 Å². The van der Waals surface area contributed by atoms with Crippen molar-refractivity contribution in [3.05, 3.63) is 58.6 Å². The van der Waals surface area contributed by atoms with Crippen LogP contribution in [-0.2, 0) is 6.42 Å². The Balaban J connectivity index is 0.00000210. The lowest BCUT2D eigenvalue weighted by atomic mass is 9.99. The molecule has 1 aromatic carbocycles. The third-order valence-electron chi connectivity index (χ3n) is 5.04. The number of carbonyl (C=O) groups excluding carboxylic acids is 1. The molecule has 27 heavy (non-hydrogen) atoms. The smallest absolute Gasteiger partial charge is 0.260 e. The fraction of sp³-hybridized carbons (Fsp3) is 0.300. The van der Waals surface area contributed by atoms with Crippen LogP contribution in [0.25, 0.3) is 5.82 Å². The molecule has 142 valence electrons. The number of nitrogens with zero attached hydrogens (tertiary/aromatic N) is 3. The molecule has 4 rings (SSSR count). The highest BCUT2D eigenvalue weighted by Crippen LogP contribution is 2.33. The Labute approximate surface area is 164 Å². The van der Waals surface area contributed by atoms with Crippen molar-refractivity contribution in [1.82, 2.24) is 9.72 Å². The van der Waals surface area contributed by atoms with Crippen LogP contribution >= 0.6 is 12.4 Å². The maximum atomic E-state index is 13.3. The summed E-state index contributed by atoms with van der Waals surface area (Å²) in [6.45, 7) is 6.46. The van der Waals surface area contributed by atoms with E-state index in [-0.39, 0.29) is 18.3 Å². The number of hydrogen-bond acceptors (Lipinski definition) is 4. The summed E-state index contributed by atoms with van der Waals surface area (Å²) in [4.78, 5) is 15.2. The maximum Gasteiger partial charge on any atom is 0.260 e. The quantitative estimate of drug-likeness (QED) is 0.675. The number of aromatic nitrogens is 2. The first-order chi connectivity index (χ1) is 12.5. The summed E-state index contributed by atoms with van der Waals surface area (Å²) in [5.41, 5.74) is 11.3. The van der Waals surface area contributed by atoms with Crippen molar-refractivity contribution in [3.8, 4) is 5.82 Å². The zero-order chi connectivity index (χ0) is 18.4. The largest absolute Gasteiger partial charge is 0.398 e. The molecule has 2 aromatic heterocycles. The first kappa shape index (κ1) is 19.0. The highest BCUT2D eigenvalue weighted by Gasteiger charge is 2.27. The van der Waals surface area contributed by atoms with Gasteiger partial charge in [0.1, 0.15) is 5.76 Å². The van der Waals surface area contributed by atoms with Crippen LogP contribution in [0.5, 0.6) is 0 Å². The van der Waals surface area contributed by atoms with E-state index in [1.165, 1.54) is 0 Å². The summed E-state index contributed by atoms with van der Waals surface area (Å²) in [5.74, 6) is 1.43. The lowest BCUT2D eigenvalue weighted by molar-refractivity contribution is 0.0984. The fourth-order valence-electron chi connectivity index (χ4n) is 3.80. The van der Waals surface area contributed by atoms with Gasteiger partial charge in [0.15, 0.2) is 5.82 Å². The van der Waals surface area contributed by atoms with Gasteiger partial charge in [0.2, 0.25) is 0 Å². The van der Waals surface area contributed by atoms with Gasteiger partial charge in [-0.25, -0.2) is 0 Å². The molecule has 1 aliphatic rings. The minimum absolute atomic E-state index is 0. The molecule has 0 radical (unpaired) electrons. The predicted octanol–water partition coefficient (Wildman–Crippen LogP) is 3.99. The van der Waals surface area contributed by atoms with Crippen molar-refractivity contribution in [2.24, 2.45) is 0 Å². The molecule has 0 saturated carbocycles. The van der Waals surface area contributed by atoms with E-state index >= 15 is 0 Å². The number of aryl methyl sites for hydroxylation is 2. The maximum absolute atomic E-state index is 13.3. The van der Waals surface area contributed by atoms with Crippen LogP contribution in [0.4, 0.5) is 11.4 Å². The van der Waals surface area contributed by atoms with Crippen molar-refractivity contribution < 1.29 is 9.32 Å². The van der Waals surface area contributed by atoms with Crippen LogP contribution in [0, 0.1) is 20.8 Å². The fourth-order valence-corrected chi connectivity index (χ4v) is 3.80. The molecule has 6 nitrogen and oxygen atoms in total. The van der Waals surface area contributed by atoms with E-state index in [2.05, 4.69) is 5.16 Å².